The van der Waals surface area contributed by atoms with Crippen LogP contribution in [-0.2, 0) is 13.5 Å². The van der Waals surface area contributed by atoms with Gasteiger partial charge in [-0.25, -0.2) is 4.57 Å². The zero-order chi connectivity index (χ0) is 12.0. The summed E-state index contributed by atoms with van der Waals surface area (Å²) in [7, 11) is 2.11. The Morgan fingerprint density at radius 1 is 1.18 bits per heavy atom. The van der Waals surface area contributed by atoms with Gasteiger partial charge < -0.3 is 0 Å². The third-order valence-corrected chi connectivity index (χ3v) is 3.42. The molecule has 0 unspecified atom stereocenters. The van der Waals surface area contributed by atoms with Crippen LogP contribution in [0.5, 0.6) is 0 Å². The summed E-state index contributed by atoms with van der Waals surface area (Å²) in [6.45, 7) is 4.34. The average molecular weight is 225 g/mol. The molecule has 0 saturated carbocycles. The topological polar surface area (TPSA) is 8.29 Å². The fourth-order valence-electron chi connectivity index (χ4n) is 2.57. The molecule has 3 aromatic rings. The molecule has 0 aliphatic heterocycles. The van der Waals surface area contributed by atoms with Gasteiger partial charge in [-0.2, -0.15) is 4.40 Å². The van der Waals surface area contributed by atoms with Gasteiger partial charge in [-0.15, -0.1) is 0 Å². The fourth-order valence-corrected chi connectivity index (χ4v) is 2.57. The molecule has 0 atom stereocenters. The highest BCUT2D eigenvalue weighted by Crippen LogP contribution is 2.19. The van der Waals surface area contributed by atoms with E-state index in [2.05, 4.69) is 66.5 Å². The quantitative estimate of drug-likeness (QED) is 0.563. The van der Waals surface area contributed by atoms with Gasteiger partial charge in [0, 0.05) is 11.8 Å². The summed E-state index contributed by atoms with van der Waals surface area (Å²) in [6, 6.07) is 8.87. The lowest BCUT2D eigenvalue weighted by molar-refractivity contribution is -0.677. The molecule has 0 aliphatic carbocycles. The van der Waals surface area contributed by atoms with Crippen LogP contribution in [0.15, 0.2) is 36.7 Å². The number of rotatable bonds is 1. The van der Waals surface area contributed by atoms with Crippen LogP contribution < -0.4 is 4.57 Å². The molecule has 0 bridgehead atoms. The van der Waals surface area contributed by atoms with Crippen LogP contribution in [0.3, 0.4) is 0 Å². The molecule has 2 heteroatoms. The second-order valence-electron chi connectivity index (χ2n) is 4.71. The maximum Gasteiger partial charge on any atom is 0.261 e. The molecule has 2 heterocycles. The van der Waals surface area contributed by atoms with Crippen molar-refractivity contribution in [3.8, 4) is 0 Å². The number of hydrogen-bond donors (Lipinski definition) is 0. The molecule has 0 fully saturated rings. The Morgan fingerprint density at radius 2 is 2.00 bits per heavy atom. The Bertz CT molecular complexity index is 708. The van der Waals surface area contributed by atoms with Gasteiger partial charge in [-0.05, 0) is 24.4 Å². The van der Waals surface area contributed by atoms with Crippen LogP contribution in [0.2, 0.25) is 0 Å². The molecule has 2 nitrogen and oxygen atoms in total. The molecule has 1 aromatic carbocycles. The van der Waals surface area contributed by atoms with Crippen molar-refractivity contribution in [1.29, 1.82) is 0 Å². The van der Waals surface area contributed by atoms with Crippen molar-refractivity contribution in [2.24, 2.45) is 7.05 Å². The van der Waals surface area contributed by atoms with Crippen molar-refractivity contribution < 1.29 is 4.57 Å². The molecule has 17 heavy (non-hydrogen) atoms. The molecule has 0 radical (unpaired) electrons. The highest BCUT2D eigenvalue weighted by atomic mass is 15.1. The summed E-state index contributed by atoms with van der Waals surface area (Å²) in [5, 5.41) is 2.62. The van der Waals surface area contributed by atoms with Gasteiger partial charge in [0.1, 0.15) is 12.4 Å². The lowest BCUT2D eigenvalue weighted by Crippen LogP contribution is -2.30. The number of hydrogen-bond acceptors (Lipinski definition) is 0. The Labute approximate surface area is 101 Å². The first-order chi connectivity index (χ1) is 8.19. The van der Waals surface area contributed by atoms with E-state index >= 15 is 0 Å². The second kappa shape index (κ2) is 3.59. The summed E-state index contributed by atoms with van der Waals surface area (Å²) in [4.78, 5) is 0. The second-order valence-corrected chi connectivity index (χ2v) is 4.71. The minimum absolute atomic E-state index is 1.04. The lowest BCUT2D eigenvalue weighted by Gasteiger charge is -1.99. The Kier molecular flexibility index (Phi) is 2.18. The summed E-state index contributed by atoms with van der Waals surface area (Å²) in [5.74, 6) is 1.34. The first kappa shape index (κ1) is 10.3. The molecule has 0 amide bonds. The van der Waals surface area contributed by atoms with Crippen molar-refractivity contribution in [3.05, 3.63) is 48.0 Å². The SMILES string of the molecule is CCc1n2cc3cc(C)ccc3cc2c[n+]1C. The zero-order valence-corrected chi connectivity index (χ0v) is 10.6. The fraction of sp³-hybridized carbons (Fsp3) is 0.267. The minimum atomic E-state index is 1.04. The van der Waals surface area contributed by atoms with Crippen LogP contribution in [-0.4, -0.2) is 4.40 Å². The molecule has 0 N–H and O–H groups in total. The van der Waals surface area contributed by atoms with Gasteiger partial charge in [-0.3, -0.25) is 0 Å². The maximum atomic E-state index is 2.29. The van der Waals surface area contributed by atoms with Gasteiger partial charge in [0.2, 0.25) is 0 Å². The number of aromatic nitrogens is 2. The van der Waals surface area contributed by atoms with E-state index in [1.54, 1.807) is 0 Å². The Hall–Kier alpha value is -1.83. The summed E-state index contributed by atoms with van der Waals surface area (Å²) in [6.07, 6.45) is 5.48. The molecule has 0 spiro atoms. The first-order valence-corrected chi connectivity index (χ1v) is 6.09. The number of imidazole rings is 1. The summed E-state index contributed by atoms with van der Waals surface area (Å²) < 4.78 is 4.50. The molecule has 0 saturated heterocycles. The van der Waals surface area contributed by atoms with Gasteiger partial charge in [0.25, 0.3) is 5.82 Å². The molecule has 86 valence electrons. The third kappa shape index (κ3) is 1.52. The first-order valence-electron chi connectivity index (χ1n) is 6.09. The minimum Gasteiger partial charge on any atom is -0.236 e. The zero-order valence-electron chi connectivity index (χ0n) is 10.6. The number of nitrogens with zero attached hydrogens (tertiary/aromatic N) is 2. The number of aryl methyl sites for hydroxylation is 3. The Balaban J connectivity index is 2.44. The van der Waals surface area contributed by atoms with Crippen molar-refractivity contribution >= 4 is 16.3 Å². The van der Waals surface area contributed by atoms with Crippen LogP contribution >= 0.6 is 0 Å². The van der Waals surface area contributed by atoms with E-state index < -0.39 is 0 Å². The van der Waals surface area contributed by atoms with Crippen molar-refractivity contribution in [3.63, 3.8) is 0 Å². The average Bonchev–Trinajstić information content (AvgIpc) is 2.60. The van der Waals surface area contributed by atoms with Crippen molar-refractivity contribution in [1.82, 2.24) is 4.40 Å². The van der Waals surface area contributed by atoms with Crippen LogP contribution in [0.25, 0.3) is 16.3 Å². The van der Waals surface area contributed by atoms with E-state index in [0.29, 0.717) is 0 Å². The third-order valence-electron chi connectivity index (χ3n) is 3.42. The van der Waals surface area contributed by atoms with Crippen LogP contribution in [0, 0.1) is 6.92 Å². The van der Waals surface area contributed by atoms with E-state index in [4.69, 9.17) is 0 Å². The molecular weight excluding hydrogens is 208 g/mol. The maximum absolute atomic E-state index is 2.29. The molecular formula is C15H17N2+. The smallest absolute Gasteiger partial charge is 0.236 e. The highest BCUT2D eigenvalue weighted by molar-refractivity contribution is 5.85. The summed E-state index contributed by atoms with van der Waals surface area (Å²) in [5.41, 5.74) is 2.58. The normalized spacial score (nSPS) is 11.5. The van der Waals surface area contributed by atoms with Crippen LogP contribution in [0.4, 0.5) is 0 Å². The number of pyridine rings is 1. The number of fused-ring (bicyclic) bond motifs is 2. The largest absolute Gasteiger partial charge is 0.261 e. The predicted molar refractivity (Wildman–Crippen MR) is 70.2 cm³/mol. The van der Waals surface area contributed by atoms with Crippen molar-refractivity contribution in [2.45, 2.75) is 20.3 Å². The van der Waals surface area contributed by atoms with E-state index in [0.717, 1.165) is 6.42 Å². The molecule has 3 rings (SSSR count). The van der Waals surface area contributed by atoms with Gasteiger partial charge >= 0.3 is 0 Å². The summed E-state index contributed by atoms with van der Waals surface area (Å²) >= 11 is 0. The van der Waals surface area contributed by atoms with Gasteiger partial charge in [-0.1, -0.05) is 24.6 Å². The van der Waals surface area contributed by atoms with Gasteiger partial charge in [0.05, 0.1) is 7.05 Å². The van der Waals surface area contributed by atoms with E-state index in [-0.39, 0.29) is 0 Å². The van der Waals surface area contributed by atoms with E-state index in [9.17, 15) is 0 Å². The molecule has 2 aromatic heterocycles. The number of benzene rings is 1. The lowest BCUT2D eigenvalue weighted by atomic mass is 10.1. The Morgan fingerprint density at radius 3 is 2.76 bits per heavy atom. The predicted octanol–water partition coefficient (Wildman–Crippen LogP) is 2.79. The monoisotopic (exact) mass is 225 g/mol. The standard InChI is InChI=1S/C15H17N2/c1-4-15-16(3)10-14-8-12-6-5-11(2)7-13(12)9-17(14)15/h5-10H,4H2,1-3H3/q+1. The van der Waals surface area contributed by atoms with Crippen molar-refractivity contribution in [2.75, 3.05) is 0 Å². The van der Waals surface area contributed by atoms with Gasteiger partial charge in [0.15, 0.2) is 5.52 Å². The van der Waals surface area contributed by atoms with Crippen LogP contribution in [0.1, 0.15) is 18.3 Å². The highest BCUT2D eigenvalue weighted by Gasteiger charge is 2.13. The van der Waals surface area contributed by atoms with E-state index in [1.807, 2.05) is 0 Å². The molecule has 0 aliphatic rings. The van der Waals surface area contributed by atoms with E-state index in [1.165, 1.54) is 27.7 Å².